The number of benzene rings is 2. The second kappa shape index (κ2) is 8.73. The van der Waals surface area contributed by atoms with E-state index in [4.69, 9.17) is 4.74 Å². The summed E-state index contributed by atoms with van der Waals surface area (Å²) in [4.78, 5) is 23.0. The number of rotatable bonds is 6. The van der Waals surface area contributed by atoms with Gasteiger partial charge >= 0.3 is 6.03 Å². The van der Waals surface area contributed by atoms with Crippen LogP contribution in [0.4, 0.5) is 16.2 Å². The standard InChI is InChI=1S/C19H23N3O3/c1-13-6-4-9-18(14(13)2)22-19(24)20-10-11-25-17-8-5-7-16(12-17)21-15(3)23/h4-9,12H,10-11H2,1-3H3,(H,21,23)(H2,20,22,24). The fourth-order valence-corrected chi connectivity index (χ4v) is 2.25. The monoisotopic (exact) mass is 341 g/mol. The van der Waals surface area contributed by atoms with Gasteiger partial charge in [0.15, 0.2) is 0 Å². The van der Waals surface area contributed by atoms with Crippen LogP contribution >= 0.6 is 0 Å². The van der Waals surface area contributed by atoms with Crippen LogP contribution in [0.15, 0.2) is 42.5 Å². The first-order chi connectivity index (χ1) is 12.0. The van der Waals surface area contributed by atoms with Gasteiger partial charge in [-0.3, -0.25) is 4.79 Å². The van der Waals surface area contributed by atoms with Crippen LogP contribution in [0, 0.1) is 13.8 Å². The summed E-state index contributed by atoms with van der Waals surface area (Å²) in [5.41, 5.74) is 3.64. The third-order valence-electron chi connectivity index (χ3n) is 3.66. The van der Waals surface area contributed by atoms with Crippen molar-refractivity contribution < 1.29 is 14.3 Å². The molecule has 0 aliphatic carbocycles. The van der Waals surface area contributed by atoms with Gasteiger partial charge in [0, 0.05) is 24.4 Å². The molecule has 0 spiro atoms. The number of urea groups is 1. The molecule has 132 valence electrons. The van der Waals surface area contributed by atoms with Crippen molar-refractivity contribution in [1.82, 2.24) is 5.32 Å². The number of carbonyl (C=O) groups excluding carboxylic acids is 2. The SMILES string of the molecule is CC(=O)Nc1cccc(OCCNC(=O)Nc2cccc(C)c2C)c1. The normalized spacial score (nSPS) is 10.0. The van der Waals surface area contributed by atoms with Crippen molar-refractivity contribution in [2.45, 2.75) is 20.8 Å². The summed E-state index contributed by atoms with van der Waals surface area (Å²) in [5.74, 6) is 0.491. The van der Waals surface area contributed by atoms with Gasteiger partial charge in [0.1, 0.15) is 12.4 Å². The molecule has 0 bridgehead atoms. The smallest absolute Gasteiger partial charge is 0.319 e. The van der Waals surface area contributed by atoms with Crippen molar-refractivity contribution in [2.75, 3.05) is 23.8 Å². The maximum atomic E-state index is 11.9. The van der Waals surface area contributed by atoms with E-state index < -0.39 is 0 Å². The van der Waals surface area contributed by atoms with Gasteiger partial charge < -0.3 is 20.7 Å². The molecule has 0 unspecified atom stereocenters. The van der Waals surface area contributed by atoms with Gasteiger partial charge in [0.05, 0.1) is 6.54 Å². The van der Waals surface area contributed by atoms with Crippen molar-refractivity contribution in [3.05, 3.63) is 53.6 Å². The lowest BCUT2D eigenvalue weighted by molar-refractivity contribution is -0.114. The molecule has 0 radical (unpaired) electrons. The molecule has 2 aromatic rings. The Hall–Kier alpha value is -3.02. The molecular weight excluding hydrogens is 318 g/mol. The van der Waals surface area contributed by atoms with E-state index in [0.29, 0.717) is 24.6 Å². The van der Waals surface area contributed by atoms with Crippen LogP contribution in [0.5, 0.6) is 5.75 Å². The lowest BCUT2D eigenvalue weighted by Crippen LogP contribution is -2.32. The summed E-state index contributed by atoms with van der Waals surface area (Å²) in [6.07, 6.45) is 0. The number of hydrogen-bond donors (Lipinski definition) is 3. The van der Waals surface area contributed by atoms with Crippen LogP contribution in [0.3, 0.4) is 0 Å². The maximum absolute atomic E-state index is 11.9. The Bertz CT molecular complexity index is 759. The highest BCUT2D eigenvalue weighted by molar-refractivity contribution is 5.90. The van der Waals surface area contributed by atoms with Gasteiger partial charge in [-0.15, -0.1) is 0 Å². The minimum atomic E-state index is -0.274. The molecule has 6 nitrogen and oxygen atoms in total. The molecule has 0 saturated carbocycles. The van der Waals surface area contributed by atoms with Crippen molar-refractivity contribution >= 4 is 23.3 Å². The van der Waals surface area contributed by atoms with E-state index in [-0.39, 0.29) is 11.9 Å². The number of amides is 3. The Morgan fingerprint density at radius 3 is 2.56 bits per heavy atom. The molecule has 0 heterocycles. The zero-order valence-electron chi connectivity index (χ0n) is 14.7. The summed E-state index contributed by atoms with van der Waals surface area (Å²) in [6, 6.07) is 12.6. The highest BCUT2D eigenvalue weighted by atomic mass is 16.5. The molecule has 3 N–H and O–H groups in total. The summed E-state index contributed by atoms with van der Waals surface area (Å²) < 4.78 is 5.58. The summed E-state index contributed by atoms with van der Waals surface area (Å²) in [5, 5.41) is 8.27. The fourth-order valence-electron chi connectivity index (χ4n) is 2.25. The van der Waals surface area contributed by atoms with Gasteiger partial charge in [-0.1, -0.05) is 18.2 Å². The van der Waals surface area contributed by atoms with Crippen molar-refractivity contribution in [1.29, 1.82) is 0 Å². The highest BCUT2D eigenvalue weighted by Crippen LogP contribution is 2.18. The Kier molecular flexibility index (Phi) is 6.39. The average molecular weight is 341 g/mol. The molecule has 0 aliphatic heterocycles. The molecule has 2 aromatic carbocycles. The van der Waals surface area contributed by atoms with Crippen LogP contribution in [0.1, 0.15) is 18.1 Å². The molecule has 0 aromatic heterocycles. The number of nitrogens with one attached hydrogen (secondary N) is 3. The third kappa shape index (κ3) is 5.84. The fraction of sp³-hybridized carbons (Fsp3) is 0.263. The predicted octanol–water partition coefficient (Wildman–Crippen LogP) is 3.46. The van der Waals surface area contributed by atoms with Crippen LogP contribution in [-0.4, -0.2) is 25.1 Å². The number of anilines is 2. The van der Waals surface area contributed by atoms with E-state index >= 15 is 0 Å². The van der Waals surface area contributed by atoms with Gasteiger partial charge in [0.2, 0.25) is 5.91 Å². The first-order valence-corrected chi connectivity index (χ1v) is 8.07. The van der Waals surface area contributed by atoms with Crippen LogP contribution in [-0.2, 0) is 4.79 Å². The van der Waals surface area contributed by atoms with E-state index in [2.05, 4.69) is 16.0 Å². The first-order valence-electron chi connectivity index (χ1n) is 8.07. The second-order valence-corrected chi connectivity index (χ2v) is 5.69. The lowest BCUT2D eigenvalue weighted by atomic mass is 10.1. The molecule has 0 aliphatic rings. The van der Waals surface area contributed by atoms with Crippen LogP contribution < -0.4 is 20.7 Å². The van der Waals surface area contributed by atoms with Crippen molar-refractivity contribution in [2.24, 2.45) is 0 Å². The number of carbonyl (C=O) groups is 2. The van der Waals surface area contributed by atoms with Gasteiger partial charge in [-0.25, -0.2) is 4.79 Å². The Labute approximate surface area is 147 Å². The Balaban J connectivity index is 1.76. The van der Waals surface area contributed by atoms with Crippen molar-refractivity contribution in [3.8, 4) is 5.75 Å². The van der Waals surface area contributed by atoms with E-state index in [1.54, 1.807) is 24.3 Å². The van der Waals surface area contributed by atoms with Gasteiger partial charge in [-0.2, -0.15) is 0 Å². The molecular formula is C19H23N3O3. The van der Waals surface area contributed by atoms with E-state index in [1.165, 1.54) is 6.92 Å². The molecule has 3 amide bonds. The van der Waals surface area contributed by atoms with E-state index in [9.17, 15) is 9.59 Å². The number of aryl methyl sites for hydroxylation is 1. The minimum Gasteiger partial charge on any atom is -0.492 e. The molecule has 2 rings (SSSR count). The van der Waals surface area contributed by atoms with E-state index in [0.717, 1.165) is 16.8 Å². The van der Waals surface area contributed by atoms with Crippen molar-refractivity contribution in [3.63, 3.8) is 0 Å². The lowest BCUT2D eigenvalue weighted by Gasteiger charge is -2.12. The number of hydrogen-bond acceptors (Lipinski definition) is 3. The maximum Gasteiger partial charge on any atom is 0.319 e. The third-order valence-corrected chi connectivity index (χ3v) is 3.66. The molecule has 0 atom stereocenters. The summed E-state index contributed by atoms with van der Waals surface area (Å²) >= 11 is 0. The zero-order chi connectivity index (χ0) is 18.2. The quantitative estimate of drug-likeness (QED) is 0.704. The van der Waals surface area contributed by atoms with Crippen LogP contribution in [0.25, 0.3) is 0 Å². The summed E-state index contributed by atoms with van der Waals surface area (Å²) in [6.45, 7) is 6.11. The zero-order valence-corrected chi connectivity index (χ0v) is 14.7. The topological polar surface area (TPSA) is 79.5 Å². The molecule has 6 heteroatoms. The molecule has 0 fully saturated rings. The van der Waals surface area contributed by atoms with Gasteiger partial charge in [0.25, 0.3) is 0 Å². The van der Waals surface area contributed by atoms with Gasteiger partial charge in [-0.05, 0) is 43.2 Å². The Morgan fingerprint density at radius 2 is 1.80 bits per heavy atom. The molecule has 0 saturated heterocycles. The summed E-state index contributed by atoms with van der Waals surface area (Å²) in [7, 11) is 0. The first kappa shape index (κ1) is 18.3. The largest absolute Gasteiger partial charge is 0.492 e. The average Bonchev–Trinajstić information content (AvgIpc) is 2.56. The second-order valence-electron chi connectivity index (χ2n) is 5.69. The molecule has 25 heavy (non-hydrogen) atoms. The predicted molar refractivity (Wildman–Crippen MR) is 99.2 cm³/mol. The van der Waals surface area contributed by atoms with Crippen LogP contribution in [0.2, 0.25) is 0 Å². The highest BCUT2D eigenvalue weighted by Gasteiger charge is 2.05. The minimum absolute atomic E-state index is 0.137. The van der Waals surface area contributed by atoms with E-state index in [1.807, 2.05) is 32.0 Å². The Morgan fingerprint density at radius 1 is 1.04 bits per heavy atom. The number of ether oxygens (including phenoxy) is 1.